The molecule has 0 fully saturated rings. The van der Waals surface area contributed by atoms with Crippen molar-refractivity contribution in [2.75, 3.05) is 5.32 Å². The number of hydrogen-bond donors (Lipinski definition) is 1. The van der Waals surface area contributed by atoms with Crippen LogP contribution in [0.5, 0.6) is 0 Å². The second kappa shape index (κ2) is 5.61. The van der Waals surface area contributed by atoms with Crippen molar-refractivity contribution in [2.24, 2.45) is 0 Å². The number of nitro groups is 1. The van der Waals surface area contributed by atoms with Crippen molar-refractivity contribution in [3.05, 3.63) is 69.4 Å². The molecule has 1 N–H and O–H groups in total. The minimum atomic E-state index is -0.471. The number of halogens is 1. The van der Waals surface area contributed by atoms with Crippen LogP contribution in [0.4, 0.5) is 17.1 Å². The molecule has 5 nitrogen and oxygen atoms in total. The fourth-order valence-corrected chi connectivity index (χ4v) is 2.46. The van der Waals surface area contributed by atoms with E-state index in [1.807, 2.05) is 31.2 Å². The molecule has 0 saturated carbocycles. The molecule has 1 aromatic heterocycles. The van der Waals surface area contributed by atoms with Crippen LogP contribution in [0.25, 0.3) is 10.9 Å². The van der Waals surface area contributed by atoms with E-state index in [9.17, 15) is 10.1 Å². The average Bonchev–Trinajstić information content (AvgIpc) is 2.49. The third-order valence-electron chi connectivity index (χ3n) is 3.33. The van der Waals surface area contributed by atoms with Crippen LogP contribution in [0, 0.1) is 17.0 Å². The summed E-state index contributed by atoms with van der Waals surface area (Å²) in [5.41, 5.74) is 3.42. The topological polar surface area (TPSA) is 68.1 Å². The lowest BCUT2D eigenvalue weighted by Crippen LogP contribution is -1.95. The maximum Gasteiger partial charge on any atom is 0.271 e. The number of aromatic nitrogens is 1. The highest BCUT2D eigenvalue weighted by atomic mass is 35.5. The summed E-state index contributed by atoms with van der Waals surface area (Å²) in [5.74, 6) is 0. The largest absolute Gasteiger partial charge is 0.354 e. The summed E-state index contributed by atoms with van der Waals surface area (Å²) in [4.78, 5) is 14.6. The molecule has 1 heterocycles. The second-order valence-corrected chi connectivity index (χ2v) is 5.33. The van der Waals surface area contributed by atoms with Gasteiger partial charge in [0, 0.05) is 29.4 Å². The van der Waals surface area contributed by atoms with E-state index in [2.05, 4.69) is 10.3 Å². The van der Waals surface area contributed by atoms with Crippen LogP contribution in [0.15, 0.2) is 48.7 Å². The first kappa shape index (κ1) is 14.3. The highest BCUT2D eigenvalue weighted by molar-refractivity contribution is 6.33. The highest BCUT2D eigenvalue weighted by Crippen LogP contribution is 2.31. The predicted octanol–water partition coefficient (Wildman–Crippen LogP) is 4.85. The minimum absolute atomic E-state index is 0.0361. The number of nitrogens with zero attached hydrogens (tertiary/aromatic N) is 2. The second-order valence-electron chi connectivity index (χ2n) is 4.93. The van der Waals surface area contributed by atoms with Gasteiger partial charge in [-0.15, -0.1) is 0 Å². The fraction of sp³-hybridized carbons (Fsp3) is 0.0625. The monoisotopic (exact) mass is 313 g/mol. The Bertz CT molecular complexity index is 880. The molecule has 6 heteroatoms. The van der Waals surface area contributed by atoms with Gasteiger partial charge in [0.25, 0.3) is 5.69 Å². The average molecular weight is 314 g/mol. The minimum Gasteiger partial charge on any atom is -0.354 e. The number of fused-ring (bicyclic) bond motifs is 1. The third-order valence-corrected chi connectivity index (χ3v) is 3.64. The van der Waals surface area contributed by atoms with Crippen LogP contribution in [-0.4, -0.2) is 9.91 Å². The standard InChI is InChI=1S/C16H12ClN3O2/c1-10-2-4-14-12(8-10)15(6-7-18-14)19-16-5-3-11(20(21)22)9-13(16)17/h2-9H,1H3,(H,18,19). The predicted molar refractivity (Wildman–Crippen MR) is 87.9 cm³/mol. The third kappa shape index (κ3) is 2.71. The molecule has 0 amide bonds. The molecular weight excluding hydrogens is 302 g/mol. The van der Waals surface area contributed by atoms with E-state index in [1.165, 1.54) is 12.1 Å². The first-order valence-electron chi connectivity index (χ1n) is 6.61. The molecule has 3 aromatic rings. The van der Waals surface area contributed by atoms with Gasteiger partial charge < -0.3 is 5.32 Å². The van der Waals surface area contributed by atoms with Crippen LogP contribution >= 0.6 is 11.6 Å². The summed E-state index contributed by atoms with van der Waals surface area (Å²) in [7, 11) is 0. The number of aryl methyl sites for hydroxylation is 1. The van der Waals surface area contributed by atoms with Crippen LogP contribution in [0.2, 0.25) is 5.02 Å². The van der Waals surface area contributed by atoms with Crippen molar-refractivity contribution in [3.63, 3.8) is 0 Å². The number of non-ortho nitro benzene ring substituents is 1. The molecule has 0 unspecified atom stereocenters. The van der Waals surface area contributed by atoms with E-state index in [0.29, 0.717) is 10.7 Å². The summed E-state index contributed by atoms with van der Waals surface area (Å²) in [6.07, 6.45) is 1.71. The first-order valence-corrected chi connectivity index (χ1v) is 6.99. The molecular formula is C16H12ClN3O2. The highest BCUT2D eigenvalue weighted by Gasteiger charge is 2.10. The molecule has 22 heavy (non-hydrogen) atoms. The Morgan fingerprint density at radius 2 is 1.95 bits per heavy atom. The summed E-state index contributed by atoms with van der Waals surface area (Å²) >= 11 is 6.12. The molecule has 2 aromatic carbocycles. The Kier molecular flexibility index (Phi) is 3.65. The van der Waals surface area contributed by atoms with E-state index < -0.39 is 4.92 Å². The van der Waals surface area contributed by atoms with Crippen molar-refractivity contribution in [3.8, 4) is 0 Å². The van der Waals surface area contributed by atoms with Crippen LogP contribution in [0.3, 0.4) is 0 Å². The van der Waals surface area contributed by atoms with Crippen molar-refractivity contribution in [1.82, 2.24) is 4.98 Å². The summed E-state index contributed by atoms with van der Waals surface area (Å²) in [6.45, 7) is 2.01. The number of rotatable bonds is 3. The van der Waals surface area contributed by atoms with Gasteiger partial charge in [-0.05, 0) is 31.2 Å². The Labute approximate surface area is 131 Å². The molecule has 0 spiro atoms. The zero-order valence-electron chi connectivity index (χ0n) is 11.7. The maximum absolute atomic E-state index is 10.8. The molecule has 0 atom stereocenters. The lowest BCUT2D eigenvalue weighted by Gasteiger charge is -2.11. The van der Waals surface area contributed by atoms with Gasteiger partial charge in [0.05, 0.1) is 21.2 Å². The number of nitrogens with one attached hydrogen (secondary N) is 1. The molecule has 0 saturated heterocycles. The first-order chi connectivity index (χ1) is 10.5. The van der Waals surface area contributed by atoms with E-state index >= 15 is 0 Å². The molecule has 0 bridgehead atoms. The number of hydrogen-bond acceptors (Lipinski definition) is 4. The Balaban J connectivity index is 2.03. The van der Waals surface area contributed by atoms with E-state index in [1.54, 1.807) is 12.3 Å². The molecule has 0 aliphatic carbocycles. The van der Waals surface area contributed by atoms with Crippen molar-refractivity contribution in [1.29, 1.82) is 0 Å². The van der Waals surface area contributed by atoms with Gasteiger partial charge in [0.1, 0.15) is 0 Å². The van der Waals surface area contributed by atoms with Gasteiger partial charge in [-0.2, -0.15) is 0 Å². The van der Waals surface area contributed by atoms with E-state index in [-0.39, 0.29) is 5.69 Å². The molecule has 0 aliphatic heterocycles. The molecule has 0 aliphatic rings. The Hall–Kier alpha value is -2.66. The number of anilines is 2. The van der Waals surface area contributed by atoms with Gasteiger partial charge in [-0.25, -0.2) is 0 Å². The number of nitro benzene ring substituents is 1. The summed E-state index contributed by atoms with van der Waals surface area (Å²) in [6, 6.07) is 12.2. The van der Waals surface area contributed by atoms with Gasteiger partial charge >= 0.3 is 0 Å². The van der Waals surface area contributed by atoms with Crippen molar-refractivity contribution in [2.45, 2.75) is 6.92 Å². The Morgan fingerprint density at radius 1 is 1.14 bits per heavy atom. The zero-order chi connectivity index (χ0) is 15.7. The van der Waals surface area contributed by atoms with Gasteiger partial charge in [0.15, 0.2) is 0 Å². The maximum atomic E-state index is 10.8. The number of pyridine rings is 1. The van der Waals surface area contributed by atoms with Crippen molar-refractivity contribution < 1.29 is 4.92 Å². The lowest BCUT2D eigenvalue weighted by molar-refractivity contribution is -0.384. The summed E-state index contributed by atoms with van der Waals surface area (Å²) in [5, 5.41) is 15.2. The fourth-order valence-electron chi connectivity index (χ4n) is 2.23. The molecule has 3 rings (SSSR count). The zero-order valence-corrected chi connectivity index (χ0v) is 12.5. The Morgan fingerprint density at radius 3 is 2.68 bits per heavy atom. The SMILES string of the molecule is Cc1ccc2nccc(Nc3ccc([N+](=O)[O-])cc3Cl)c2c1. The van der Waals surface area contributed by atoms with Crippen LogP contribution in [-0.2, 0) is 0 Å². The van der Waals surface area contributed by atoms with E-state index in [4.69, 9.17) is 11.6 Å². The normalized spacial score (nSPS) is 10.6. The van der Waals surface area contributed by atoms with Crippen molar-refractivity contribution >= 4 is 39.6 Å². The quantitative estimate of drug-likeness (QED) is 0.554. The molecule has 110 valence electrons. The van der Waals surface area contributed by atoms with E-state index in [0.717, 1.165) is 22.2 Å². The van der Waals surface area contributed by atoms with Crippen LogP contribution < -0.4 is 5.32 Å². The van der Waals surface area contributed by atoms with Crippen LogP contribution in [0.1, 0.15) is 5.56 Å². The molecule has 0 radical (unpaired) electrons. The lowest BCUT2D eigenvalue weighted by atomic mass is 10.1. The number of benzene rings is 2. The summed E-state index contributed by atoms with van der Waals surface area (Å²) < 4.78 is 0. The smallest absolute Gasteiger partial charge is 0.271 e. The van der Waals surface area contributed by atoms with Gasteiger partial charge in [-0.1, -0.05) is 23.2 Å². The van der Waals surface area contributed by atoms with Gasteiger partial charge in [-0.3, -0.25) is 15.1 Å². The van der Waals surface area contributed by atoms with Gasteiger partial charge in [0.2, 0.25) is 0 Å².